The third kappa shape index (κ3) is 12.2. The first kappa shape index (κ1) is 54.4. The van der Waals surface area contributed by atoms with Crippen molar-refractivity contribution in [1.29, 1.82) is 0 Å². The van der Waals surface area contributed by atoms with Gasteiger partial charge in [0.2, 0.25) is 35.4 Å². The van der Waals surface area contributed by atoms with Crippen molar-refractivity contribution in [3.63, 3.8) is 0 Å². The molecule has 6 rings (SSSR count). The maximum atomic E-state index is 14.8. The summed E-state index contributed by atoms with van der Waals surface area (Å²) in [5, 5.41) is 104. The summed E-state index contributed by atoms with van der Waals surface area (Å²) < 4.78 is 5.67. The van der Waals surface area contributed by atoms with E-state index in [9.17, 15) is 69.6 Å². The molecule has 394 valence electrons. The number of aliphatic imine (C=N–C) groups is 2. The van der Waals surface area contributed by atoms with Crippen molar-refractivity contribution in [3.05, 3.63) is 59.7 Å². The first-order valence-corrected chi connectivity index (χ1v) is 22.9. The molecule has 2 aromatic rings. The number of aliphatic hydroxyl groups excluding tert-OH is 7. The number of hydrogen-bond donors (Lipinski definition) is 17. The number of hydrogen-bond acceptors (Lipinski definition) is 22. The lowest BCUT2D eigenvalue weighted by Crippen LogP contribution is -2.70. The average molecular weight is 1010 g/mol. The Bertz CT molecular complexity index is 2360. The van der Waals surface area contributed by atoms with E-state index in [1.54, 1.807) is 56.3 Å². The zero-order chi connectivity index (χ0) is 52.7. The third-order valence-electron chi connectivity index (χ3n) is 12.9. The van der Waals surface area contributed by atoms with E-state index in [4.69, 9.17) is 16.2 Å². The highest BCUT2D eigenvalue weighted by atomic mass is 16.6. The van der Waals surface area contributed by atoms with Crippen LogP contribution in [0.3, 0.4) is 0 Å². The van der Waals surface area contributed by atoms with Crippen LogP contribution in [-0.4, -0.2) is 225 Å². The van der Waals surface area contributed by atoms with Crippen LogP contribution in [0.4, 0.5) is 5.69 Å². The van der Waals surface area contributed by atoms with Gasteiger partial charge in [0.15, 0.2) is 18.1 Å². The van der Waals surface area contributed by atoms with Crippen LogP contribution in [0.5, 0.6) is 5.75 Å². The minimum absolute atomic E-state index is 0.117. The van der Waals surface area contributed by atoms with Gasteiger partial charge in [-0.25, -0.2) is 0 Å². The molecular weight excluding hydrogens is 951 g/mol. The second-order valence-corrected chi connectivity index (χ2v) is 18.0. The Balaban J connectivity index is 1.43. The van der Waals surface area contributed by atoms with Crippen molar-refractivity contribution in [3.8, 4) is 5.75 Å². The fourth-order valence-electron chi connectivity index (χ4n) is 8.76. The standard InChI is InChI=1S/C44H63N13O15/c1-18(20-7-5-4-6-8-20)29-39(69)50-21(11-19-9-10-26(60)24(12-19)56(2)3)38(68)54-30(32(62)22-13-48-43(45)52-22)41(71)55-31(40(70)51-23(16-58)37(67)47-15-28(61)53-29)33(63)25-14-49-44(46)57(25)42-36(66)35(65)34(64)27(17-59)72-42/h4-10,12,18,21-23,25,27,29-36,42,58-60,62-66H,11,13-17H2,1-3H3,(H2,46,49)(H,47,67)(H,50,69)(H,51,70)(H,53,61)(H,54,68)(H,55,71)(H3,45,48,52)/t18?,21-,22?,23+,25?,27-,29+,30+,31-,32?,33?,34-,35+,36+,42+/m1/s1. The number of guanidine groups is 2. The molecule has 4 aliphatic rings. The smallest absolute Gasteiger partial charge is 0.246 e. The van der Waals surface area contributed by atoms with Crippen LogP contribution in [-0.2, 0) is 39.9 Å². The monoisotopic (exact) mass is 1010 g/mol. The van der Waals surface area contributed by atoms with Crippen LogP contribution < -0.4 is 53.6 Å². The summed E-state index contributed by atoms with van der Waals surface area (Å²) >= 11 is 0. The van der Waals surface area contributed by atoms with Gasteiger partial charge in [-0.1, -0.05) is 43.3 Å². The number of anilines is 1. The number of nitrogens with zero attached hydrogens (tertiary/aromatic N) is 4. The molecule has 4 aliphatic heterocycles. The fourth-order valence-corrected chi connectivity index (χ4v) is 8.76. The molecule has 0 aliphatic carbocycles. The van der Waals surface area contributed by atoms with E-state index in [2.05, 4.69) is 47.2 Å². The third-order valence-corrected chi connectivity index (χ3v) is 12.9. The van der Waals surface area contributed by atoms with Crippen LogP contribution in [0.25, 0.3) is 0 Å². The lowest BCUT2D eigenvalue weighted by molar-refractivity contribution is -0.260. The van der Waals surface area contributed by atoms with Crippen LogP contribution in [0, 0.1) is 0 Å². The molecule has 72 heavy (non-hydrogen) atoms. The Kier molecular flexibility index (Phi) is 17.8. The summed E-state index contributed by atoms with van der Waals surface area (Å²) in [6.07, 6.45) is -13.5. The highest BCUT2D eigenvalue weighted by molar-refractivity contribution is 5.98. The maximum absolute atomic E-state index is 14.8. The number of phenolic OH excluding ortho intramolecular Hbond substituents is 1. The van der Waals surface area contributed by atoms with Gasteiger partial charge >= 0.3 is 0 Å². The van der Waals surface area contributed by atoms with Gasteiger partial charge in [0.05, 0.1) is 50.6 Å². The summed E-state index contributed by atoms with van der Waals surface area (Å²) in [4.78, 5) is 96.4. The lowest BCUT2D eigenvalue weighted by Gasteiger charge is -2.46. The van der Waals surface area contributed by atoms with E-state index in [-0.39, 0.29) is 24.7 Å². The molecule has 2 aromatic carbocycles. The number of nitrogens with two attached hydrogens (primary N) is 2. The second-order valence-electron chi connectivity index (χ2n) is 18.0. The van der Waals surface area contributed by atoms with Crippen molar-refractivity contribution >= 4 is 53.0 Å². The summed E-state index contributed by atoms with van der Waals surface area (Å²) in [6.45, 7) is -1.91. The van der Waals surface area contributed by atoms with Gasteiger partial charge in [0, 0.05) is 26.4 Å². The molecule has 28 nitrogen and oxygen atoms in total. The molecule has 28 heteroatoms. The molecule has 2 fully saturated rings. The summed E-state index contributed by atoms with van der Waals surface area (Å²) in [6, 6.07) is 0.784. The molecule has 0 bridgehead atoms. The second kappa shape index (κ2) is 23.5. The van der Waals surface area contributed by atoms with Gasteiger partial charge in [-0.3, -0.25) is 38.8 Å². The number of phenols is 1. The fraction of sp³-hybridized carbons (Fsp3) is 0.545. The van der Waals surface area contributed by atoms with Crippen LogP contribution >= 0.6 is 0 Å². The zero-order valence-corrected chi connectivity index (χ0v) is 39.4. The number of aromatic hydroxyl groups is 1. The van der Waals surface area contributed by atoms with Crippen LogP contribution in [0.1, 0.15) is 24.0 Å². The van der Waals surface area contributed by atoms with Gasteiger partial charge in [-0.15, -0.1) is 0 Å². The van der Waals surface area contributed by atoms with Crippen LogP contribution in [0.15, 0.2) is 58.5 Å². The van der Waals surface area contributed by atoms with Gasteiger partial charge in [0.25, 0.3) is 0 Å². The highest BCUT2D eigenvalue weighted by Crippen LogP contribution is 2.30. The number of carbonyl (C=O) groups is 6. The SMILES string of the molecule is CC(c1ccccc1)[C@@H]1NC(=O)CNC(=O)[C@H](CO)NC(=O)[C@@H](C(O)C2CN=C(N)N2[C@H]2O[C@H](CO)[C@@H](O)[C@H](O)[C@@H]2O)NC(=O)[C@H](C(O)C2CN=C(N)N2)NC(=O)[C@@H](Cc2ccc(O)c(N(C)C)c2)NC1=O. The Morgan fingerprint density at radius 3 is 2.01 bits per heavy atom. The summed E-state index contributed by atoms with van der Waals surface area (Å²) in [5.74, 6) is -8.33. The molecule has 15 atom stereocenters. The quantitative estimate of drug-likeness (QED) is 0.0939. The normalized spacial score (nSPS) is 31.4. The van der Waals surface area contributed by atoms with Crippen molar-refractivity contribution < 1.29 is 74.4 Å². The molecule has 5 unspecified atom stereocenters. The first-order valence-electron chi connectivity index (χ1n) is 22.9. The predicted octanol–water partition coefficient (Wildman–Crippen LogP) is -8.84. The van der Waals surface area contributed by atoms with E-state index >= 15 is 0 Å². The minimum atomic E-state index is -2.26. The number of ether oxygens (including phenoxy) is 1. The largest absolute Gasteiger partial charge is 0.506 e. The van der Waals surface area contributed by atoms with Crippen molar-refractivity contribution in [2.24, 2.45) is 21.5 Å². The Labute approximate surface area is 411 Å². The molecule has 0 aromatic heterocycles. The zero-order valence-electron chi connectivity index (χ0n) is 39.4. The Morgan fingerprint density at radius 1 is 0.736 bits per heavy atom. The molecule has 19 N–H and O–H groups in total. The molecular formula is C44H63N13O15. The topological polar surface area (TPSA) is 441 Å². The van der Waals surface area contributed by atoms with E-state index in [0.717, 1.165) is 4.90 Å². The average Bonchev–Trinajstić information content (AvgIpc) is 3.98. The molecule has 0 saturated carbocycles. The van der Waals surface area contributed by atoms with Gasteiger partial charge in [-0.2, -0.15) is 0 Å². The van der Waals surface area contributed by atoms with E-state index < -0.39 is 159 Å². The number of aliphatic hydroxyl groups is 7. The number of carbonyl (C=O) groups excluding carboxylic acids is 6. The van der Waals surface area contributed by atoms with Crippen LogP contribution in [0.2, 0.25) is 0 Å². The Morgan fingerprint density at radius 2 is 1.38 bits per heavy atom. The molecule has 0 radical (unpaired) electrons. The number of nitrogens with one attached hydrogen (secondary N) is 7. The van der Waals surface area contributed by atoms with Crippen molar-refractivity contribution in [2.75, 3.05) is 51.8 Å². The molecule has 6 amide bonds. The number of amides is 6. The number of benzene rings is 2. The lowest BCUT2D eigenvalue weighted by atomic mass is 9.92. The minimum Gasteiger partial charge on any atom is -0.506 e. The van der Waals surface area contributed by atoms with Gasteiger partial charge in [-0.05, 0) is 23.3 Å². The van der Waals surface area contributed by atoms with Crippen molar-refractivity contribution in [2.45, 2.75) is 104 Å². The first-order chi connectivity index (χ1) is 34.1. The predicted molar refractivity (Wildman–Crippen MR) is 252 cm³/mol. The van der Waals surface area contributed by atoms with Crippen molar-refractivity contribution in [1.82, 2.24) is 42.1 Å². The molecule has 0 spiro atoms. The van der Waals surface area contributed by atoms with Gasteiger partial charge < -0.3 is 104 Å². The Hall–Kier alpha value is -6.92. The molecule has 2 saturated heterocycles. The maximum Gasteiger partial charge on any atom is 0.246 e. The van der Waals surface area contributed by atoms with Gasteiger partial charge in [0.1, 0.15) is 72.6 Å². The van der Waals surface area contributed by atoms with E-state index in [1.165, 1.54) is 18.2 Å². The molecule has 4 heterocycles. The summed E-state index contributed by atoms with van der Waals surface area (Å²) in [7, 11) is 3.30. The number of rotatable bonds is 12. The summed E-state index contributed by atoms with van der Waals surface area (Å²) in [5.41, 5.74) is 13.3. The van der Waals surface area contributed by atoms with E-state index in [0.29, 0.717) is 16.8 Å². The van der Waals surface area contributed by atoms with E-state index in [1.807, 2.05) is 0 Å². The highest BCUT2D eigenvalue weighted by Gasteiger charge is 2.52.